The molecule has 19 heavy (non-hydrogen) atoms. The topological polar surface area (TPSA) is 43.6 Å². The lowest BCUT2D eigenvalue weighted by molar-refractivity contribution is 0.402. The summed E-state index contributed by atoms with van der Waals surface area (Å²) in [7, 11) is 0. The fraction of sp³-hybridized carbons (Fsp3) is 0.533. The molecule has 0 fully saturated rings. The molecule has 0 spiro atoms. The summed E-state index contributed by atoms with van der Waals surface area (Å²) in [6, 6.07) is 3.92. The van der Waals surface area contributed by atoms with Crippen molar-refractivity contribution in [3.8, 4) is 11.3 Å². The Balaban J connectivity index is 1.91. The largest absolute Gasteiger partial charge is 0.264 e. The SMILES string of the molecule is CCCCCC(C)Cn1cc(-c2cccnc2)nn1. The molecule has 0 saturated carbocycles. The van der Waals surface area contributed by atoms with E-state index in [0.717, 1.165) is 17.8 Å². The molecule has 1 atom stereocenters. The summed E-state index contributed by atoms with van der Waals surface area (Å²) in [4.78, 5) is 4.10. The van der Waals surface area contributed by atoms with Crippen LogP contribution in [0.2, 0.25) is 0 Å². The maximum atomic E-state index is 4.21. The lowest BCUT2D eigenvalue weighted by Crippen LogP contribution is -2.08. The standard InChI is InChI=1S/C15H22N4/c1-3-4-5-7-13(2)11-19-12-15(17-18-19)14-8-6-9-16-10-14/h6,8-10,12-13H,3-5,7,11H2,1-2H3. The molecular formula is C15H22N4. The van der Waals surface area contributed by atoms with E-state index in [4.69, 9.17) is 0 Å². The Hall–Kier alpha value is -1.71. The third-order valence-corrected chi connectivity index (χ3v) is 3.30. The maximum Gasteiger partial charge on any atom is 0.114 e. The second-order valence-electron chi connectivity index (χ2n) is 5.17. The van der Waals surface area contributed by atoms with Gasteiger partial charge in [-0.3, -0.25) is 9.67 Å². The van der Waals surface area contributed by atoms with E-state index in [9.17, 15) is 0 Å². The number of unbranched alkanes of at least 4 members (excludes halogenated alkanes) is 2. The highest BCUT2D eigenvalue weighted by Gasteiger charge is 2.07. The first kappa shape index (κ1) is 13.7. The van der Waals surface area contributed by atoms with Crippen LogP contribution >= 0.6 is 0 Å². The van der Waals surface area contributed by atoms with Crippen molar-refractivity contribution >= 4 is 0 Å². The Labute approximate surface area is 114 Å². The Morgan fingerprint density at radius 1 is 1.32 bits per heavy atom. The summed E-state index contributed by atoms with van der Waals surface area (Å²) in [6.07, 6.45) is 10.8. The minimum Gasteiger partial charge on any atom is -0.264 e. The van der Waals surface area contributed by atoms with Crippen LogP contribution in [0.4, 0.5) is 0 Å². The van der Waals surface area contributed by atoms with Crippen LogP contribution < -0.4 is 0 Å². The molecule has 0 saturated heterocycles. The molecule has 0 aliphatic heterocycles. The van der Waals surface area contributed by atoms with Crippen molar-refractivity contribution in [2.75, 3.05) is 0 Å². The molecule has 102 valence electrons. The van der Waals surface area contributed by atoms with Gasteiger partial charge in [-0.05, 0) is 24.5 Å². The highest BCUT2D eigenvalue weighted by molar-refractivity contribution is 5.55. The van der Waals surface area contributed by atoms with Gasteiger partial charge in [-0.2, -0.15) is 0 Å². The average molecular weight is 258 g/mol. The summed E-state index contributed by atoms with van der Waals surface area (Å²) in [5.41, 5.74) is 1.92. The zero-order valence-electron chi connectivity index (χ0n) is 11.8. The number of hydrogen-bond donors (Lipinski definition) is 0. The van der Waals surface area contributed by atoms with Crippen molar-refractivity contribution in [1.29, 1.82) is 0 Å². The predicted molar refractivity (Wildman–Crippen MR) is 76.6 cm³/mol. The highest BCUT2D eigenvalue weighted by Crippen LogP contribution is 2.16. The predicted octanol–water partition coefficient (Wildman–Crippen LogP) is 3.56. The highest BCUT2D eigenvalue weighted by atomic mass is 15.4. The Morgan fingerprint density at radius 3 is 2.95 bits per heavy atom. The van der Waals surface area contributed by atoms with Crippen LogP contribution in [0.1, 0.15) is 39.5 Å². The summed E-state index contributed by atoms with van der Waals surface area (Å²) in [5, 5.41) is 8.41. The Morgan fingerprint density at radius 2 is 2.21 bits per heavy atom. The summed E-state index contributed by atoms with van der Waals surface area (Å²) in [5.74, 6) is 0.648. The van der Waals surface area contributed by atoms with E-state index in [1.54, 1.807) is 6.20 Å². The molecule has 4 nitrogen and oxygen atoms in total. The van der Waals surface area contributed by atoms with Gasteiger partial charge in [0, 0.05) is 24.5 Å². The van der Waals surface area contributed by atoms with Crippen LogP contribution in [0.15, 0.2) is 30.7 Å². The van der Waals surface area contributed by atoms with Gasteiger partial charge in [-0.15, -0.1) is 5.10 Å². The minimum absolute atomic E-state index is 0.648. The molecular weight excluding hydrogens is 236 g/mol. The van der Waals surface area contributed by atoms with Gasteiger partial charge >= 0.3 is 0 Å². The zero-order chi connectivity index (χ0) is 13.5. The van der Waals surface area contributed by atoms with E-state index in [1.807, 2.05) is 29.2 Å². The Bertz CT molecular complexity index is 478. The average Bonchev–Trinajstić information content (AvgIpc) is 2.88. The van der Waals surface area contributed by atoms with Gasteiger partial charge < -0.3 is 0 Å². The monoisotopic (exact) mass is 258 g/mol. The van der Waals surface area contributed by atoms with Crippen LogP contribution in [0.3, 0.4) is 0 Å². The molecule has 1 unspecified atom stereocenters. The zero-order valence-corrected chi connectivity index (χ0v) is 11.8. The van der Waals surface area contributed by atoms with Crippen molar-refractivity contribution in [2.24, 2.45) is 5.92 Å². The second-order valence-corrected chi connectivity index (χ2v) is 5.17. The van der Waals surface area contributed by atoms with Gasteiger partial charge in [0.15, 0.2) is 0 Å². The minimum atomic E-state index is 0.648. The number of hydrogen-bond acceptors (Lipinski definition) is 3. The van der Waals surface area contributed by atoms with E-state index in [1.165, 1.54) is 25.7 Å². The fourth-order valence-corrected chi connectivity index (χ4v) is 2.19. The van der Waals surface area contributed by atoms with Crippen LogP contribution in [0.5, 0.6) is 0 Å². The van der Waals surface area contributed by atoms with E-state index in [2.05, 4.69) is 29.1 Å². The van der Waals surface area contributed by atoms with Crippen molar-refractivity contribution in [3.63, 3.8) is 0 Å². The van der Waals surface area contributed by atoms with E-state index in [-0.39, 0.29) is 0 Å². The lowest BCUT2D eigenvalue weighted by atomic mass is 10.0. The van der Waals surface area contributed by atoms with Crippen LogP contribution in [0.25, 0.3) is 11.3 Å². The van der Waals surface area contributed by atoms with Gasteiger partial charge in [0.1, 0.15) is 5.69 Å². The van der Waals surface area contributed by atoms with Crippen molar-refractivity contribution < 1.29 is 0 Å². The molecule has 2 aromatic rings. The van der Waals surface area contributed by atoms with Gasteiger partial charge in [0.2, 0.25) is 0 Å². The van der Waals surface area contributed by atoms with Gasteiger partial charge in [-0.1, -0.05) is 38.3 Å². The van der Waals surface area contributed by atoms with E-state index in [0.29, 0.717) is 5.92 Å². The summed E-state index contributed by atoms with van der Waals surface area (Å²) in [6.45, 7) is 5.46. The number of aromatic nitrogens is 4. The molecule has 0 aromatic carbocycles. The molecule has 0 N–H and O–H groups in total. The first-order valence-electron chi connectivity index (χ1n) is 7.10. The molecule has 2 aromatic heterocycles. The van der Waals surface area contributed by atoms with E-state index < -0.39 is 0 Å². The van der Waals surface area contributed by atoms with Crippen molar-refractivity contribution in [1.82, 2.24) is 20.0 Å². The fourth-order valence-electron chi connectivity index (χ4n) is 2.19. The first-order chi connectivity index (χ1) is 9.29. The molecule has 0 radical (unpaired) electrons. The Kier molecular flexibility index (Phi) is 5.07. The number of rotatable bonds is 7. The van der Waals surface area contributed by atoms with Gasteiger partial charge in [-0.25, -0.2) is 0 Å². The molecule has 0 aliphatic rings. The first-order valence-corrected chi connectivity index (χ1v) is 7.10. The molecule has 2 rings (SSSR count). The van der Waals surface area contributed by atoms with E-state index >= 15 is 0 Å². The smallest absolute Gasteiger partial charge is 0.114 e. The molecule has 0 aliphatic carbocycles. The molecule has 0 amide bonds. The molecule has 4 heteroatoms. The summed E-state index contributed by atoms with van der Waals surface area (Å²) < 4.78 is 1.94. The lowest BCUT2D eigenvalue weighted by Gasteiger charge is -2.09. The summed E-state index contributed by atoms with van der Waals surface area (Å²) >= 11 is 0. The third-order valence-electron chi connectivity index (χ3n) is 3.30. The number of pyridine rings is 1. The maximum absolute atomic E-state index is 4.21. The third kappa shape index (κ3) is 4.16. The van der Waals surface area contributed by atoms with Crippen LogP contribution in [-0.4, -0.2) is 20.0 Å². The van der Waals surface area contributed by atoms with Crippen LogP contribution in [0, 0.1) is 5.92 Å². The quantitative estimate of drug-likeness (QED) is 0.713. The second kappa shape index (κ2) is 7.02. The van der Waals surface area contributed by atoms with Crippen molar-refractivity contribution in [3.05, 3.63) is 30.7 Å². The van der Waals surface area contributed by atoms with Gasteiger partial charge in [0.05, 0.1) is 6.20 Å². The number of nitrogens with zero attached hydrogens (tertiary/aromatic N) is 4. The normalized spacial score (nSPS) is 12.5. The van der Waals surface area contributed by atoms with Crippen LogP contribution in [-0.2, 0) is 6.54 Å². The van der Waals surface area contributed by atoms with Gasteiger partial charge in [0.25, 0.3) is 0 Å². The molecule has 2 heterocycles. The molecule has 0 bridgehead atoms. The van der Waals surface area contributed by atoms with Crippen molar-refractivity contribution in [2.45, 2.75) is 46.1 Å².